The lowest BCUT2D eigenvalue weighted by Gasteiger charge is -2.12. The predicted molar refractivity (Wildman–Crippen MR) is 102 cm³/mol. The van der Waals surface area contributed by atoms with Gasteiger partial charge in [-0.3, -0.25) is 9.78 Å². The molecule has 2 N–H and O–H groups in total. The number of carbonyl (C=O) groups excluding carboxylic acids is 1. The van der Waals surface area contributed by atoms with Crippen molar-refractivity contribution in [1.29, 1.82) is 0 Å². The molecule has 1 aliphatic rings. The highest BCUT2D eigenvalue weighted by Crippen LogP contribution is 2.26. The van der Waals surface area contributed by atoms with E-state index in [0.29, 0.717) is 12.2 Å². The Morgan fingerprint density at radius 3 is 2.81 bits per heavy atom. The maximum Gasteiger partial charge on any atom is 0.227 e. The summed E-state index contributed by atoms with van der Waals surface area (Å²) in [6.07, 6.45) is 7.61. The molecule has 1 aromatic carbocycles. The number of nitrogens with zero attached hydrogens (tertiary/aromatic N) is 3. The van der Waals surface area contributed by atoms with Crippen molar-refractivity contribution < 1.29 is 4.79 Å². The number of hydrogen-bond donors (Lipinski definition) is 2. The summed E-state index contributed by atoms with van der Waals surface area (Å²) in [5.41, 5.74) is 3.32. The van der Waals surface area contributed by atoms with Gasteiger partial charge in [0.25, 0.3) is 0 Å². The highest BCUT2D eigenvalue weighted by molar-refractivity contribution is 5.92. The zero-order valence-electron chi connectivity index (χ0n) is 14.5. The number of aromatic nitrogens is 3. The third kappa shape index (κ3) is 3.79. The molecule has 0 bridgehead atoms. The first-order valence-corrected chi connectivity index (χ1v) is 8.99. The number of carbonyl (C=O) groups is 1. The van der Waals surface area contributed by atoms with Gasteiger partial charge in [-0.2, -0.15) is 0 Å². The molecule has 3 aromatic rings. The highest BCUT2D eigenvalue weighted by atomic mass is 16.1. The van der Waals surface area contributed by atoms with Crippen LogP contribution in [-0.4, -0.2) is 20.9 Å². The lowest BCUT2D eigenvalue weighted by Crippen LogP contribution is -2.20. The molecule has 0 unspecified atom stereocenters. The zero-order valence-corrected chi connectivity index (χ0v) is 14.5. The Bertz CT molecular complexity index is 921. The Morgan fingerprint density at radius 2 is 1.92 bits per heavy atom. The summed E-state index contributed by atoms with van der Waals surface area (Å²) in [5, 5.41) is 6.34. The van der Waals surface area contributed by atoms with Crippen molar-refractivity contribution in [2.75, 3.05) is 10.6 Å². The fourth-order valence-corrected chi connectivity index (χ4v) is 3.34. The first-order valence-electron chi connectivity index (χ1n) is 8.99. The minimum atomic E-state index is 0.141. The Labute approximate surface area is 152 Å². The van der Waals surface area contributed by atoms with Crippen LogP contribution >= 0.6 is 0 Å². The van der Waals surface area contributed by atoms with Gasteiger partial charge in [-0.25, -0.2) is 9.97 Å². The minimum Gasteiger partial charge on any atom is -0.366 e. The van der Waals surface area contributed by atoms with E-state index in [1.165, 1.54) is 0 Å². The van der Waals surface area contributed by atoms with Crippen LogP contribution in [0.2, 0.25) is 0 Å². The molecule has 1 amide bonds. The molecule has 0 spiro atoms. The van der Waals surface area contributed by atoms with Crippen molar-refractivity contribution in [3.8, 4) is 0 Å². The van der Waals surface area contributed by atoms with Crippen LogP contribution in [-0.2, 0) is 11.3 Å². The summed E-state index contributed by atoms with van der Waals surface area (Å²) >= 11 is 0. The van der Waals surface area contributed by atoms with Gasteiger partial charge in [-0.15, -0.1) is 0 Å². The van der Waals surface area contributed by atoms with E-state index in [2.05, 4.69) is 25.6 Å². The summed E-state index contributed by atoms with van der Waals surface area (Å²) < 4.78 is 0. The average Bonchev–Trinajstić information content (AvgIpc) is 3.21. The van der Waals surface area contributed by atoms with Gasteiger partial charge in [0.05, 0.1) is 0 Å². The highest BCUT2D eigenvalue weighted by Gasteiger charge is 2.22. The van der Waals surface area contributed by atoms with E-state index in [1.54, 1.807) is 12.4 Å². The van der Waals surface area contributed by atoms with Crippen molar-refractivity contribution >= 4 is 28.6 Å². The number of rotatable bonds is 5. The Hall–Kier alpha value is -3.02. The summed E-state index contributed by atoms with van der Waals surface area (Å²) in [6, 6.07) is 11.7. The van der Waals surface area contributed by atoms with E-state index in [1.807, 2.05) is 36.4 Å². The Kier molecular flexibility index (Phi) is 4.73. The lowest BCUT2D eigenvalue weighted by atomic mass is 10.1. The number of benzene rings is 1. The predicted octanol–water partition coefficient (Wildman–Crippen LogP) is 3.77. The minimum absolute atomic E-state index is 0.141. The van der Waals surface area contributed by atoms with Crippen LogP contribution in [0.5, 0.6) is 0 Å². The first-order chi connectivity index (χ1) is 12.8. The van der Waals surface area contributed by atoms with E-state index >= 15 is 0 Å². The Balaban J connectivity index is 1.40. The molecule has 2 aromatic heterocycles. The number of fused-ring (bicyclic) bond motifs is 1. The summed E-state index contributed by atoms with van der Waals surface area (Å²) in [4.78, 5) is 25.2. The summed E-state index contributed by atoms with van der Waals surface area (Å²) in [7, 11) is 0. The molecular formula is C20H21N5O. The molecule has 4 rings (SSSR count). The van der Waals surface area contributed by atoms with Crippen molar-refractivity contribution in [3.05, 3.63) is 54.4 Å². The first kappa shape index (κ1) is 16.4. The second-order valence-electron chi connectivity index (χ2n) is 6.62. The van der Waals surface area contributed by atoms with Crippen LogP contribution < -0.4 is 10.6 Å². The quantitative estimate of drug-likeness (QED) is 0.734. The molecule has 0 radical (unpaired) electrons. The van der Waals surface area contributed by atoms with Gasteiger partial charge in [0.15, 0.2) is 5.65 Å². The molecule has 0 atom stereocenters. The molecule has 6 heteroatoms. The van der Waals surface area contributed by atoms with Crippen LogP contribution in [0, 0.1) is 5.92 Å². The molecule has 26 heavy (non-hydrogen) atoms. The van der Waals surface area contributed by atoms with Gasteiger partial charge in [0.1, 0.15) is 11.3 Å². The lowest BCUT2D eigenvalue weighted by molar-refractivity contribution is -0.119. The summed E-state index contributed by atoms with van der Waals surface area (Å²) in [6.45, 7) is 0.617. The van der Waals surface area contributed by atoms with E-state index in [-0.39, 0.29) is 11.8 Å². The number of anilines is 2. The molecule has 132 valence electrons. The Morgan fingerprint density at radius 1 is 1.08 bits per heavy atom. The number of hydrogen-bond acceptors (Lipinski definition) is 5. The van der Waals surface area contributed by atoms with E-state index in [9.17, 15) is 4.79 Å². The van der Waals surface area contributed by atoms with Crippen molar-refractivity contribution in [3.63, 3.8) is 0 Å². The maximum atomic E-state index is 12.3. The fourth-order valence-electron chi connectivity index (χ4n) is 3.34. The number of pyridine rings is 1. The molecule has 1 aliphatic carbocycles. The van der Waals surface area contributed by atoms with Gasteiger partial charge >= 0.3 is 0 Å². The molecule has 1 fully saturated rings. The van der Waals surface area contributed by atoms with E-state index in [0.717, 1.165) is 48.3 Å². The van der Waals surface area contributed by atoms with Crippen LogP contribution in [0.3, 0.4) is 0 Å². The van der Waals surface area contributed by atoms with Crippen LogP contribution in [0.1, 0.15) is 31.2 Å². The maximum absolute atomic E-state index is 12.3. The standard InChI is InChI=1S/C20H21N5O/c26-20(15-5-1-2-6-15)24-16-7-3-4-14(12-16)13-23-18-9-8-17-19(25-18)22-11-10-21-17/h3-4,7-12,15H,1-2,5-6,13H2,(H,24,26)(H,22,23,25). The second kappa shape index (κ2) is 7.47. The van der Waals surface area contributed by atoms with Gasteiger partial charge in [-0.05, 0) is 42.7 Å². The smallest absolute Gasteiger partial charge is 0.227 e. The van der Waals surface area contributed by atoms with Gasteiger partial charge in [-0.1, -0.05) is 25.0 Å². The molecular weight excluding hydrogens is 326 g/mol. The molecule has 0 saturated heterocycles. The molecule has 1 saturated carbocycles. The number of amides is 1. The molecule has 0 aliphatic heterocycles. The van der Waals surface area contributed by atoms with Crippen molar-refractivity contribution in [1.82, 2.24) is 15.0 Å². The third-order valence-electron chi connectivity index (χ3n) is 4.73. The normalized spacial score (nSPS) is 14.5. The third-order valence-corrected chi connectivity index (χ3v) is 4.73. The van der Waals surface area contributed by atoms with Crippen LogP contribution in [0.4, 0.5) is 11.5 Å². The molecule has 2 heterocycles. The number of nitrogens with one attached hydrogen (secondary N) is 2. The fraction of sp³-hybridized carbons (Fsp3) is 0.300. The van der Waals surface area contributed by atoms with Crippen LogP contribution in [0.15, 0.2) is 48.8 Å². The second-order valence-corrected chi connectivity index (χ2v) is 6.62. The monoisotopic (exact) mass is 347 g/mol. The SMILES string of the molecule is O=C(Nc1cccc(CNc2ccc3nccnc3n2)c1)C1CCCC1. The van der Waals surface area contributed by atoms with E-state index < -0.39 is 0 Å². The van der Waals surface area contributed by atoms with Crippen molar-refractivity contribution in [2.45, 2.75) is 32.2 Å². The zero-order chi connectivity index (χ0) is 17.8. The van der Waals surface area contributed by atoms with Gasteiger partial charge in [0.2, 0.25) is 5.91 Å². The average molecular weight is 347 g/mol. The van der Waals surface area contributed by atoms with Crippen LogP contribution in [0.25, 0.3) is 11.2 Å². The largest absolute Gasteiger partial charge is 0.366 e. The molecule has 6 nitrogen and oxygen atoms in total. The summed E-state index contributed by atoms with van der Waals surface area (Å²) in [5.74, 6) is 1.06. The van der Waals surface area contributed by atoms with Gasteiger partial charge in [0, 0.05) is 30.5 Å². The van der Waals surface area contributed by atoms with Gasteiger partial charge < -0.3 is 10.6 Å². The van der Waals surface area contributed by atoms with E-state index in [4.69, 9.17) is 0 Å². The van der Waals surface area contributed by atoms with Crippen molar-refractivity contribution in [2.24, 2.45) is 5.92 Å². The topological polar surface area (TPSA) is 79.8 Å².